The molecule has 0 fully saturated rings. The summed E-state index contributed by atoms with van der Waals surface area (Å²) < 4.78 is 0. The summed E-state index contributed by atoms with van der Waals surface area (Å²) >= 11 is 6.50. The number of nitrogens with zero attached hydrogens (tertiary/aromatic N) is 2. The van der Waals surface area contributed by atoms with Gasteiger partial charge in [-0.05, 0) is 29.3 Å². The molecule has 5 rings (SSSR count). The van der Waals surface area contributed by atoms with Gasteiger partial charge in [0.15, 0.2) is 5.82 Å². The summed E-state index contributed by atoms with van der Waals surface area (Å²) in [5, 5.41) is 0.671. The fourth-order valence-corrected chi connectivity index (χ4v) is 3.84. The van der Waals surface area contributed by atoms with E-state index in [4.69, 9.17) is 21.6 Å². The van der Waals surface area contributed by atoms with Crippen LogP contribution in [-0.2, 0) is 0 Å². The Labute approximate surface area is 186 Å². The zero-order chi connectivity index (χ0) is 21.0. The third-order valence-corrected chi connectivity index (χ3v) is 5.50. The van der Waals surface area contributed by atoms with Gasteiger partial charge in [-0.3, -0.25) is 0 Å². The molecule has 0 aliphatic rings. The summed E-state index contributed by atoms with van der Waals surface area (Å²) in [4.78, 5) is 9.75. The van der Waals surface area contributed by atoms with Crippen LogP contribution in [0.5, 0.6) is 0 Å². The second-order valence-electron chi connectivity index (χ2n) is 7.25. The highest BCUT2D eigenvalue weighted by Gasteiger charge is 2.12. The zero-order valence-electron chi connectivity index (χ0n) is 16.7. The van der Waals surface area contributed by atoms with E-state index in [-0.39, 0.29) is 0 Å². The molecule has 0 radical (unpaired) electrons. The molecule has 4 aromatic carbocycles. The molecule has 0 saturated heterocycles. The third-order valence-electron chi connectivity index (χ3n) is 5.17. The van der Waals surface area contributed by atoms with E-state index in [1.807, 2.05) is 66.7 Å². The first kappa shape index (κ1) is 19.2. The van der Waals surface area contributed by atoms with Gasteiger partial charge in [0.05, 0.1) is 11.4 Å². The van der Waals surface area contributed by atoms with Gasteiger partial charge in [-0.2, -0.15) is 0 Å². The minimum atomic E-state index is 0.671. The van der Waals surface area contributed by atoms with Crippen LogP contribution in [0.2, 0.25) is 5.02 Å². The highest BCUT2D eigenvalue weighted by Crippen LogP contribution is 2.32. The topological polar surface area (TPSA) is 25.8 Å². The van der Waals surface area contributed by atoms with E-state index in [9.17, 15) is 0 Å². The van der Waals surface area contributed by atoms with E-state index in [1.54, 1.807) is 0 Å². The molecule has 5 aromatic rings. The number of halogens is 1. The molecular formula is C28H19ClN2. The Morgan fingerprint density at radius 1 is 0.452 bits per heavy atom. The molecule has 0 saturated carbocycles. The molecule has 0 aliphatic carbocycles. The minimum Gasteiger partial charge on any atom is -0.228 e. The molecule has 2 nitrogen and oxygen atoms in total. The van der Waals surface area contributed by atoms with Crippen molar-refractivity contribution in [2.24, 2.45) is 0 Å². The van der Waals surface area contributed by atoms with Crippen LogP contribution in [0.4, 0.5) is 0 Å². The maximum Gasteiger partial charge on any atom is 0.160 e. The molecule has 0 spiro atoms. The van der Waals surface area contributed by atoms with Gasteiger partial charge in [0.25, 0.3) is 0 Å². The molecule has 0 amide bonds. The Morgan fingerprint density at radius 3 is 1.77 bits per heavy atom. The van der Waals surface area contributed by atoms with Crippen molar-refractivity contribution in [3.63, 3.8) is 0 Å². The molecule has 0 unspecified atom stereocenters. The average Bonchev–Trinajstić information content (AvgIpc) is 2.85. The van der Waals surface area contributed by atoms with Crippen LogP contribution < -0.4 is 0 Å². The van der Waals surface area contributed by atoms with Crippen LogP contribution in [0.25, 0.3) is 45.0 Å². The smallest absolute Gasteiger partial charge is 0.160 e. The van der Waals surface area contributed by atoms with Crippen molar-refractivity contribution in [3.05, 3.63) is 120 Å². The van der Waals surface area contributed by atoms with E-state index in [0.717, 1.165) is 33.6 Å². The van der Waals surface area contributed by atoms with E-state index >= 15 is 0 Å². The minimum absolute atomic E-state index is 0.671. The predicted octanol–water partition coefficient (Wildman–Crippen LogP) is 7.80. The SMILES string of the molecule is Clc1ccccc1-c1cc(-c2cccc(-c3ccccc3)c2)nc(-c2ccccc2)n1. The van der Waals surface area contributed by atoms with Crippen molar-refractivity contribution >= 4 is 11.6 Å². The largest absolute Gasteiger partial charge is 0.228 e. The van der Waals surface area contributed by atoms with Crippen molar-refractivity contribution in [3.8, 4) is 45.0 Å². The molecule has 3 heteroatoms. The summed E-state index contributed by atoms with van der Waals surface area (Å²) in [6, 6.07) is 38.6. The second kappa shape index (κ2) is 8.55. The van der Waals surface area contributed by atoms with Gasteiger partial charge in [-0.25, -0.2) is 9.97 Å². The van der Waals surface area contributed by atoms with E-state index < -0.39 is 0 Å². The Morgan fingerprint density at radius 2 is 1.03 bits per heavy atom. The Balaban J connectivity index is 1.69. The number of benzene rings is 4. The molecule has 148 valence electrons. The standard InChI is InChI=1S/C28H19ClN2/c29-25-17-8-7-16-24(25)27-19-26(30-28(31-27)21-12-5-2-6-13-21)23-15-9-14-22(18-23)20-10-3-1-4-11-20/h1-19H. The number of rotatable bonds is 4. The quantitative estimate of drug-likeness (QED) is 0.297. The van der Waals surface area contributed by atoms with Crippen molar-refractivity contribution in [1.82, 2.24) is 9.97 Å². The van der Waals surface area contributed by atoms with Crippen LogP contribution in [0.15, 0.2) is 115 Å². The first-order valence-corrected chi connectivity index (χ1v) is 10.5. The summed E-state index contributed by atoms with van der Waals surface area (Å²) in [7, 11) is 0. The van der Waals surface area contributed by atoms with Gasteiger partial charge in [-0.1, -0.05) is 109 Å². The normalized spacial score (nSPS) is 10.7. The summed E-state index contributed by atoms with van der Waals surface area (Å²) in [6.07, 6.45) is 0. The Hall–Kier alpha value is -3.75. The first-order valence-electron chi connectivity index (χ1n) is 10.1. The lowest BCUT2D eigenvalue weighted by atomic mass is 10.0. The van der Waals surface area contributed by atoms with Crippen molar-refractivity contribution in [1.29, 1.82) is 0 Å². The highest BCUT2D eigenvalue weighted by atomic mass is 35.5. The van der Waals surface area contributed by atoms with Crippen LogP contribution in [0.1, 0.15) is 0 Å². The van der Waals surface area contributed by atoms with E-state index in [1.165, 1.54) is 5.56 Å². The van der Waals surface area contributed by atoms with Crippen molar-refractivity contribution in [2.75, 3.05) is 0 Å². The number of hydrogen-bond acceptors (Lipinski definition) is 2. The van der Waals surface area contributed by atoms with E-state index in [2.05, 4.69) is 48.5 Å². The number of hydrogen-bond donors (Lipinski definition) is 0. The number of aromatic nitrogens is 2. The third kappa shape index (κ3) is 4.11. The maximum absolute atomic E-state index is 6.50. The van der Waals surface area contributed by atoms with Gasteiger partial charge in [0.2, 0.25) is 0 Å². The van der Waals surface area contributed by atoms with Crippen molar-refractivity contribution < 1.29 is 0 Å². The highest BCUT2D eigenvalue weighted by molar-refractivity contribution is 6.33. The van der Waals surface area contributed by atoms with Crippen LogP contribution in [-0.4, -0.2) is 9.97 Å². The molecule has 0 aliphatic heterocycles. The fourth-order valence-electron chi connectivity index (χ4n) is 3.61. The van der Waals surface area contributed by atoms with Gasteiger partial charge >= 0.3 is 0 Å². The van der Waals surface area contributed by atoms with Crippen LogP contribution in [0.3, 0.4) is 0 Å². The van der Waals surface area contributed by atoms with Crippen LogP contribution >= 0.6 is 11.6 Å². The molecular weight excluding hydrogens is 400 g/mol. The monoisotopic (exact) mass is 418 g/mol. The summed E-state index contributed by atoms with van der Waals surface area (Å²) in [5.41, 5.74) is 6.89. The van der Waals surface area contributed by atoms with Crippen LogP contribution in [0, 0.1) is 0 Å². The lowest BCUT2D eigenvalue weighted by Crippen LogP contribution is -1.96. The molecule has 0 atom stereocenters. The fraction of sp³-hybridized carbons (Fsp3) is 0. The molecule has 31 heavy (non-hydrogen) atoms. The Kier molecular flexibility index (Phi) is 5.30. The molecule has 0 bridgehead atoms. The van der Waals surface area contributed by atoms with E-state index in [0.29, 0.717) is 10.8 Å². The first-order chi connectivity index (χ1) is 15.3. The lowest BCUT2D eigenvalue weighted by Gasteiger charge is -2.11. The second-order valence-corrected chi connectivity index (χ2v) is 7.66. The molecule has 1 aromatic heterocycles. The summed E-state index contributed by atoms with van der Waals surface area (Å²) in [6.45, 7) is 0. The van der Waals surface area contributed by atoms with Gasteiger partial charge in [0.1, 0.15) is 0 Å². The predicted molar refractivity (Wildman–Crippen MR) is 129 cm³/mol. The lowest BCUT2D eigenvalue weighted by molar-refractivity contribution is 1.18. The Bertz CT molecular complexity index is 1330. The summed E-state index contributed by atoms with van der Waals surface area (Å²) in [5.74, 6) is 0.679. The molecule has 0 N–H and O–H groups in total. The average molecular weight is 419 g/mol. The van der Waals surface area contributed by atoms with Crippen molar-refractivity contribution in [2.45, 2.75) is 0 Å². The zero-order valence-corrected chi connectivity index (χ0v) is 17.5. The van der Waals surface area contributed by atoms with Gasteiger partial charge in [-0.15, -0.1) is 0 Å². The molecule has 1 heterocycles. The van der Waals surface area contributed by atoms with Gasteiger partial charge in [0, 0.05) is 21.7 Å². The van der Waals surface area contributed by atoms with Gasteiger partial charge < -0.3 is 0 Å². The maximum atomic E-state index is 6.50.